The van der Waals surface area contributed by atoms with Gasteiger partial charge in [0, 0.05) is 24.6 Å². The molecule has 214 valence electrons. The lowest BCUT2D eigenvalue weighted by Crippen LogP contribution is -2.29. The first-order chi connectivity index (χ1) is 18.9. The Hall–Kier alpha value is -4.48. The molecule has 0 saturated carbocycles. The molecule has 40 heavy (non-hydrogen) atoms. The van der Waals surface area contributed by atoms with E-state index >= 15 is 0 Å². The van der Waals surface area contributed by atoms with E-state index in [-0.39, 0.29) is 23.6 Å². The van der Waals surface area contributed by atoms with Crippen LogP contribution in [-0.4, -0.2) is 44.8 Å². The number of benzene rings is 2. The number of aromatic nitrogens is 2. The quantitative estimate of drug-likeness (QED) is 0.222. The molecule has 3 aromatic rings. The van der Waals surface area contributed by atoms with Crippen molar-refractivity contribution in [2.75, 3.05) is 5.32 Å². The van der Waals surface area contributed by atoms with Gasteiger partial charge in [-0.3, -0.25) is 9.59 Å². The van der Waals surface area contributed by atoms with Crippen molar-refractivity contribution in [1.29, 1.82) is 0 Å². The zero-order valence-corrected chi connectivity index (χ0v) is 22.0. The van der Waals surface area contributed by atoms with E-state index < -0.39 is 12.1 Å². The molecule has 0 fully saturated rings. The number of carboxylic acids is 1. The third-order valence-electron chi connectivity index (χ3n) is 5.55. The third-order valence-corrected chi connectivity index (χ3v) is 5.55. The van der Waals surface area contributed by atoms with E-state index in [9.17, 15) is 27.6 Å². The van der Waals surface area contributed by atoms with Crippen LogP contribution in [0.2, 0.25) is 0 Å². The first-order valence-electron chi connectivity index (χ1n) is 12.4. The minimum atomic E-state index is -5.08. The zero-order chi connectivity index (χ0) is 29.7. The predicted octanol–water partition coefficient (Wildman–Crippen LogP) is 5.68. The van der Waals surface area contributed by atoms with Gasteiger partial charge in [0.15, 0.2) is 0 Å². The maximum atomic E-state index is 12.9. The highest BCUT2D eigenvalue weighted by Crippen LogP contribution is 2.23. The van der Waals surface area contributed by atoms with Crippen molar-refractivity contribution in [2.24, 2.45) is 0 Å². The number of carbonyl (C=O) groups is 4. The molecule has 0 radical (unpaired) electrons. The van der Waals surface area contributed by atoms with Gasteiger partial charge in [-0.1, -0.05) is 43.2 Å². The molecular weight excluding hydrogens is 529 g/mol. The SMILES string of the molecule is CC(=O)CCCCC[C@H](NC(=O)c1ccc(NC(C)=O)cc1)c1ncc(-c2ccccc2)[nH]1.O=C(O)C(F)(F)F. The number of imidazole rings is 1. The summed E-state index contributed by atoms with van der Waals surface area (Å²) < 4.78 is 31.7. The molecule has 1 atom stereocenters. The van der Waals surface area contributed by atoms with Gasteiger partial charge in [-0.25, -0.2) is 9.78 Å². The summed E-state index contributed by atoms with van der Waals surface area (Å²) in [5.41, 5.74) is 3.05. The number of H-pyrrole nitrogens is 1. The lowest BCUT2D eigenvalue weighted by atomic mass is 10.0. The second-order valence-electron chi connectivity index (χ2n) is 8.94. The Balaban J connectivity index is 0.000000708. The first kappa shape index (κ1) is 31.7. The van der Waals surface area contributed by atoms with E-state index in [1.807, 2.05) is 30.3 Å². The predicted molar refractivity (Wildman–Crippen MR) is 142 cm³/mol. The van der Waals surface area contributed by atoms with Gasteiger partial charge in [0.05, 0.1) is 17.9 Å². The van der Waals surface area contributed by atoms with Crippen molar-refractivity contribution >= 4 is 29.3 Å². The number of aliphatic carboxylic acids is 1. The van der Waals surface area contributed by atoms with Crippen molar-refractivity contribution in [3.05, 3.63) is 72.2 Å². The summed E-state index contributed by atoms with van der Waals surface area (Å²) in [7, 11) is 0. The van der Waals surface area contributed by atoms with Gasteiger partial charge in [0.25, 0.3) is 5.91 Å². The maximum absolute atomic E-state index is 12.9. The number of amides is 2. The van der Waals surface area contributed by atoms with Crippen LogP contribution in [0, 0.1) is 0 Å². The number of hydrogen-bond donors (Lipinski definition) is 4. The Labute approximate surface area is 229 Å². The van der Waals surface area contributed by atoms with Crippen LogP contribution in [0.5, 0.6) is 0 Å². The van der Waals surface area contributed by atoms with E-state index in [2.05, 4.69) is 20.6 Å². The van der Waals surface area contributed by atoms with Crippen LogP contribution >= 0.6 is 0 Å². The number of nitrogens with zero attached hydrogens (tertiary/aromatic N) is 1. The number of alkyl halides is 3. The van der Waals surface area contributed by atoms with Gasteiger partial charge in [0.2, 0.25) is 5.91 Å². The third kappa shape index (κ3) is 11.1. The monoisotopic (exact) mass is 560 g/mol. The van der Waals surface area contributed by atoms with Crippen molar-refractivity contribution in [2.45, 2.75) is 58.2 Å². The van der Waals surface area contributed by atoms with E-state index in [0.29, 0.717) is 29.9 Å². The molecule has 0 spiro atoms. The van der Waals surface area contributed by atoms with E-state index in [0.717, 1.165) is 30.5 Å². The highest BCUT2D eigenvalue weighted by molar-refractivity contribution is 5.95. The average Bonchev–Trinajstić information content (AvgIpc) is 3.38. The Morgan fingerprint density at radius 1 is 0.950 bits per heavy atom. The van der Waals surface area contributed by atoms with Crippen molar-refractivity contribution in [1.82, 2.24) is 15.3 Å². The van der Waals surface area contributed by atoms with Gasteiger partial charge in [-0.05, 0) is 49.6 Å². The number of halogens is 3. The van der Waals surface area contributed by atoms with Gasteiger partial charge in [-0.15, -0.1) is 0 Å². The van der Waals surface area contributed by atoms with Gasteiger partial charge >= 0.3 is 12.1 Å². The van der Waals surface area contributed by atoms with Crippen LogP contribution in [0.3, 0.4) is 0 Å². The Morgan fingerprint density at radius 2 is 1.57 bits per heavy atom. The summed E-state index contributed by atoms with van der Waals surface area (Å²) in [6.07, 6.45) is 0.590. The maximum Gasteiger partial charge on any atom is 0.490 e. The lowest BCUT2D eigenvalue weighted by molar-refractivity contribution is -0.192. The fourth-order valence-electron chi connectivity index (χ4n) is 3.60. The van der Waals surface area contributed by atoms with Gasteiger partial charge < -0.3 is 25.5 Å². The topological polar surface area (TPSA) is 141 Å². The summed E-state index contributed by atoms with van der Waals surface area (Å²) in [4.78, 5) is 52.1. The van der Waals surface area contributed by atoms with Crippen LogP contribution in [0.15, 0.2) is 60.8 Å². The highest BCUT2D eigenvalue weighted by Gasteiger charge is 2.38. The summed E-state index contributed by atoms with van der Waals surface area (Å²) >= 11 is 0. The number of carbonyl (C=O) groups excluding carboxylic acids is 3. The highest BCUT2D eigenvalue weighted by atomic mass is 19.4. The molecule has 2 amide bonds. The van der Waals surface area contributed by atoms with E-state index in [1.54, 1.807) is 37.4 Å². The molecule has 0 aliphatic heterocycles. The summed E-state index contributed by atoms with van der Waals surface area (Å²) in [6, 6.07) is 16.4. The molecule has 1 heterocycles. The van der Waals surface area contributed by atoms with Crippen molar-refractivity contribution < 1.29 is 37.5 Å². The van der Waals surface area contributed by atoms with Crippen LogP contribution in [0.4, 0.5) is 18.9 Å². The Bertz CT molecular complexity index is 1280. The average molecular weight is 561 g/mol. The number of rotatable bonds is 11. The number of aromatic amines is 1. The van der Waals surface area contributed by atoms with E-state index in [1.165, 1.54) is 6.92 Å². The number of Topliss-reactive ketones (excluding diaryl/α,β-unsaturated/α-hetero) is 1. The Kier molecular flexibility index (Phi) is 12.1. The molecule has 0 unspecified atom stereocenters. The number of unbranched alkanes of at least 4 members (excludes halogenated alkanes) is 2. The number of ketones is 1. The number of carboxylic acid groups (broad SMARTS) is 1. The number of hydrogen-bond acceptors (Lipinski definition) is 5. The fourth-order valence-corrected chi connectivity index (χ4v) is 3.60. The summed E-state index contributed by atoms with van der Waals surface area (Å²) in [5.74, 6) is -2.24. The zero-order valence-electron chi connectivity index (χ0n) is 22.0. The summed E-state index contributed by atoms with van der Waals surface area (Å²) in [5, 5.41) is 12.9. The molecule has 0 saturated heterocycles. The minimum Gasteiger partial charge on any atom is -0.475 e. The lowest BCUT2D eigenvalue weighted by Gasteiger charge is -2.17. The molecule has 2 aromatic carbocycles. The Morgan fingerprint density at radius 3 is 2.12 bits per heavy atom. The molecule has 0 aliphatic carbocycles. The van der Waals surface area contributed by atoms with Crippen LogP contribution in [-0.2, 0) is 14.4 Å². The number of anilines is 1. The van der Waals surface area contributed by atoms with Gasteiger partial charge in [-0.2, -0.15) is 13.2 Å². The standard InChI is InChI=1S/C26H30N4O3.C2HF3O2/c1-18(31)9-5-3-8-12-23(25-27-17-24(29-25)20-10-6-4-7-11-20)30-26(33)21-13-15-22(16-14-21)28-19(2)32;3-2(4,5)1(6)7/h4,6-7,10-11,13-17,23H,3,5,8-9,12H2,1-2H3,(H,27,29)(H,28,32)(H,30,33);(H,6,7)/t23-;/m0./s1. The molecule has 1 aromatic heterocycles. The molecule has 3 rings (SSSR count). The van der Waals surface area contributed by atoms with Crippen LogP contribution in [0.1, 0.15) is 68.2 Å². The normalized spacial score (nSPS) is 11.5. The molecule has 4 N–H and O–H groups in total. The largest absolute Gasteiger partial charge is 0.490 e. The van der Waals surface area contributed by atoms with E-state index in [4.69, 9.17) is 9.90 Å². The van der Waals surface area contributed by atoms with Gasteiger partial charge in [0.1, 0.15) is 11.6 Å². The molecular formula is C28H31F3N4O5. The second kappa shape index (κ2) is 15.2. The molecule has 0 bridgehead atoms. The first-order valence-corrected chi connectivity index (χ1v) is 12.4. The molecule has 0 aliphatic rings. The van der Waals surface area contributed by atoms with Crippen molar-refractivity contribution in [3.8, 4) is 11.3 Å². The fraction of sp³-hybridized carbons (Fsp3) is 0.321. The number of nitrogens with one attached hydrogen (secondary N) is 3. The van der Waals surface area contributed by atoms with Crippen LogP contribution < -0.4 is 10.6 Å². The minimum absolute atomic E-state index is 0.163. The molecule has 12 heteroatoms. The second-order valence-corrected chi connectivity index (χ2v) is 8.94. The molecule has 9 nitrogen and oxygen atoms in total. The smallest absolute Gasteiger partial charge is 0.475 e. The van der Waals surface area contributed by atoms with Crippen LogP contribution in [0.25, 0.3) is 11.3 Å². The summed E-state index contributed by atoms with van der Waals surface area (Å²) in [6.45, 7) is 3.04. The van der Waals surface area contributed by atoms with Crippen molar-refractivity contribution in [3.63, 3.8) is 0 Å².